The lowest BCUT2D eigenvalue weighted by Gasteiger charge is -2.23. The van der Waals surface area contributed by atoms with Gasteiger partial charge in [-0.3, -0.25) is 9.59 Å². The maximum Gasteiger partial charge on any atom is 0.168 e. The first kappa shape index (κ1) is 23.5. The molecule has 0 bridgehead atoms. The second-order valence-corrected chi connectivity index (χ2v) is 9.86. The van der Waals surface area contributed by atoms with Gasteiger partial charge < -0.3 is 4.74 Å². The fourth-order valence-electron chi connectivity index (χ4n) is 3.53. The third-order valence-corrected chi connectivity index (χ3v) is 5.64. The second-order valence-electron chi connectivity index (χ2n) is 9.86. The first-order chi connectivity index (χ1) is 15.1. The second kappa shape index (κ2) is 9.52. The van der Waals surface area contributed by atoms with E-state index in [4.69, 9.17) is 4.74 Å². The predicted molar refractivity (Wildman–Crippen MR) is 130 cm³/mol. The van der Waals surface area contributed by atoms with Crippen molar-refractivity contribution in [2.45, 2.75) is 41.0 Å². The fraction of sp³-hybridized carbons (Fsp3) is 0.310. The molecule has 0 aliphatic rings. The molecule has 3 nitrogen and oxygen atoms in total. The van der Waals surface area contributed by atoms with Gasteiger partial charge in [-0.15, -0.1) is 0 Å². The SMILES string of the molecule is CC(C)(C)C(=O)c1ccc(OCCC(C)(C)C(=O)c2cccc(-c3ccccc3)c2)cc1. The summed E-state index contributed by atoms with van der Waals surface area (Å²) < 4.78 is 5.88. The molecule has 0 radical (unpaired) electrons. The van der Waals surface area contributed by atoms with Gasteiger partial charge in [0.2, 0.25) is 0 Å². The molecule has 3 rings (SSSR count). The van der Waals surface area contributed by atoms with E-state index in [1.807, 2.05) is 101 Å². The summed E-state index contributed by atoms with van der Waals surface area (Å²) in [4.78, 5) is 25.6. The summed E-state index contributed by atoms with van der Waals surface area (Å²) in [6.45, 7) is 10.1. The van der Waals surface area contributed by atoms with Crippen molar-refractivity contribution in [1.82, 2.24) is 0 Å². The smallest absolute Gasteiger partial charge is 0.168 e. The van der Waals surface area contributed by atoms with Gasteiger partial charge in [-0.1, -0.05) is 83.1 Å². The van der Waals surface area contributed by atoms with Crippen LogP contribution in [-0.4, -0.2) is 18.2 Å². The number of rotatable bonds is 8. The summed E-state index contributed by atoms with van der Waals surface area (Å²) in [6.07, 6.45) is 0.587. The Balaban J connectivity index is 1.62. The van der Waals surface area contributed by atoms with Gasteiger partial charge >= 0.3 is 0 Å². The van der Waals surface area contributed by atoms with Crippen LogP contribution >= 0.6 is 0 Å². The molecule has 3 aromatic carbocycles. The quantitative estimate of drug-likeness (QED) is 0.355. The average Bonchev–Trinajstić information content (AvgIpc) is 2.78. The number of hydrogen-bond donors (Lipinski definition) is 0. The van der Waals surface area contributed by atoms with Crippen molar-refractivity contribution in [3.05, 3.63) is 90.0 Å². The van der Waals surface area contributed by atoms with Crippen LogP contribution in [-0.2, 0) is 0 Å². The molecule has 0 spiro atoms. The highest BCUT2D eigenvalue weighted by atomic mass is 16.5. The lowest BCUT2D eigenvalue weighted by Crippen LogP contribution is -2.26. The summed E-state index contributed by atoms with van der Waals surface area (Å²) in [7, 11) is 0. The topological polar surface area (TPSA) is 43.4 Å². The minimum atomic E-state index is -0.558. The van der Waals surface area contributed by atoms with Crippen molar-refractivity contribution >= 4 is 11.6 Å². The molecule has 3 aromatic rings. The minimum absolute atomic E-state index is 0.102. The molecule has 0 heterocycles. The van der Waals surface area contributed by atoms with Crippen molar-refractivity contribution in [3.63, 3.8) is 0 Å². The Bertz CT molecular complexity index is 1070. The number of benzene rings is 3. The molecule has 0 N–H and O–H groups in total. The molecule has 0 amide bonds. The van der Waals surface area contributed by atoms with E-state index in [-0.39, 0.29) is 11.6 Å². The molecule has 0 atom stereocenters. The van der Waals surface area contributed by atoms with Gasteiger partial charge in [0.1, 0.15) is 5.75 Å². The van der Waals surface area contributed by atoms with E-state index in [1.54, 1.807) is 12.1 Å². The Morgan fingerprint density at radius 3 is 1.94 bits per heavy atom. The molecule has 0 saturated heterocycles. The fourth-order valence-corrected chi connectivity index (χ4v) is 3.53. The number of hydrogen-bond acceptors (Lipinski definition) is 3. The highest BCUT2D eigenvalue weighted by molar-refractivity contribution is 6.01. The van der Waals surface area contributed by atoms with Crippen molar-refractivity contribution < 1.29 is 14.3 Å². The lowest BCUT2D eigenvalue weighted by molar-refractivity contribution is 0.0801. The van der Waals surface area contributed by atoms with Crippen molar-refractivity contribution in [2.75, 3.05) is 6.61 Å². The zero-order valence-corrected chi connectivity index (χ0v) is 19.6. The van der Waals surface area contributed by atoms with E-state index >= 15 is 0 Å². The van der Waals surface area contributed by atoms with Crippen LogP contribution in [0.4, 0.5) is 0 Å². The lowest BCUT2D eigenvalue weighted by atomic mass is 9.81. The number of Topliss-reactive ketones (excluding diaryl/α,β-unsaturated/α-hetero) is 2. The molecular formula is C29H32O3. The van der Waals surface area contributed by atoms with Crippen LogP contribution in [0.25, 0.3) is 11.1 Å². The molecule has 0 saturated carbocycles. The van der Waals surface area contributed by atoms with Gasteiger partial charge in [0.25, 0.3) is 0 Å². The summed E-state index contributed by atoms with van der Waals surface area (Å²) in [5, 5.41) is 0. The zero-order valence-electron chi connectivity index (χ0n) is 19.6. The van der Waals surface area contributed by atoms with Gasteiger partial charge in [-0.05, 0) is 47.9 Å². The Kier molecular flexibility index (Phi) is 6.98. The molecule has 0 unspecified atom stereocenters. The molecule has 0 aromatic heterocycles. The van der Waals surface area contributed by atoms with Gasteiger partial charge in [-0.2, -0.15) is 0 Å². The number of ketones is 2. The Labute approximate surface area is 191 Å². The average molecular weight is 429 g/mol. The van der Waals surface area contributed by atoms with E-state index in [0.29, 0.717) is 29.9 Å². The van der Waals surface area contributed by atoms with E-state index in [9.17, 15) is 9.59 Å². The van der Waals surface area contributed by atoms with E-state index < -0.39 is 10.8 Å². The van der Waals surface area contributed by atoms with E-state index in [1.165, 1.54) is 0 Å². The Morgan fingerprint density at radius 1 is 0.688 bits per heavy atom. The van der Waals surface area contributed by atoms with Crippen LogP contribution in [0.3, 0.4) is 0 Å². The van der Waals surface area contributed by atoms with Crippen LogP contribution in [0.2, 0.25) is 0 Å². The standard InChI is InChI=1S/C29H32O3/c1-28(2,3)26(30)22-14-16-25(17-15-22)32-19-18-29(4,5)27(31)24-13-9-12-23(20-24)21-10-7-6-8-11-21/h6-17,20H,18-19H2,1-5H3. The van der Waals surface area contributed by atoms with Crippen LogP contribution in [0.1, 0.15) is 61.8 Å². The number of ether oxygens (including phenoxy) is 1. The first-order valence-corrected chi connectivity index (χ1v) is 11.1. The summed E-state index contributed by atoms with van der Waals surface area (Å²) >= 11 is 0. The first-order valence-electron chi connectivity index (χ1n) is 11.1. The monoisotopic (exact) mass is 428 g/mol. The van der Waals surface area contributed by atoms with Crippen LogP contribution < -0.4 is 4.74 Å². The van der Waals surface area contributed by atoms with Crippen LogP contribution in [0.15, 0.2) is 78.9 Å². The van der Waals surface area contributed by atoms with Gasteiger partial charge in [-0.25, -0.2) is 0 Å². The molecule has 0 aliphatic heterocycles. The molecular weight excluding hydrogens is 396 g/mol. The van der Waals surface area contributed by atoms with Crippen LogP contribution in [0, 0.1) is 10.8 Å². The molecule has 166 valence electrons. The van der Waals surface area contributed by atoms with Gasteiger partial charge in [0.05, 0.1) is 6.61 Å². The largest absolute Gasteiger partial charge is 0.494 e. The van der Waals surface area contributed by atoms with Gasteiger partial charge in [0, 0.05) is 22.0 Å². The van der Waals surface area contributed by atoms with Crippen molar-refractivity contribution in [2.24, 2.45) is 10.8 Å². The van der Waals surface area contributed by atoms with E-state index in [2.05, 4.69) is 0 Å². The maximum absolute atomic E-state index is 13.2. The maximum atomic E-state index is 13.2. The highest BCUT2D eigenvalue weighted by Crippen LogP contribution is 2.29. The summed E-state index contributed by atoms with van der Waals surface area (Å²) in [5.41, 5.74) is 2.55. The Morgan fingerprint density at radius 2 is 1.31 bits per heavy atom. The highest BCUT2D eigenvalue weighted by Gasteiger charge is 2.29. The normalized spacial score (nSPS) is 11.8. The Hall–Kier alpha value is -3.20. The molecule has 32 heavy (non-hydrogen) atoms. The molecule has 3 heteroatoms. The van der Waals surface area contributed by atoms with Crippen molar-refractivity contribution in [1.29, 1.82) is 0 Å². The minimum Gasteiger partial charge on any atom is -0.494 e. The third-order valence-electron chi connectivity index (χ3n) is 5.64. The predicted octanol–water partition coefficient (Wildman–Crippen LogP) is 7.26. The van der Waals surface area contributed by atoms with Crippen molar-refractivity contribution in [3.8, 4) is 16.9 Å². The number of carbonyl (C=O) groups is 2. The summed E-state index contributed by atoms with van der Waals surface area (Å²) in [6, 6.07) is 25.1. The zero-order chi connectivity index (χ0) is 23.4. The summed E-state index contributed by atoms with van der Waals surface area (Å²) in [5.74, 6) is 0.906. The number of carbonyl (C=O) groups excluding carboxylic acids is 2. The third kappa shape index (κ3) is 5.73. The van der Waals surface area contributed by atoms with E-state index in [0.717, 1.165) is 11.1 Å². The molecule has 0 fully saturated rings. The van der Waals surface area contributed by atoms with Crippen LogP contribution in [0.5, 0.6) is 5.75 Å². The van der Waals surface area contributed by atoms with Gasteiger partial charge in [0.15, 0.2) is 11.6 Å². The molecule has 0 aliphatic carbocycles.